The number of ketones is 1. The van der Waals surface area contributed by atoms with E-state index in [1.807, 2.05) is 0 Å². The summed E-state index contributed by atoms with van der Waals surface area (Å²) in [7, 11) is 0. The molecular weight excluding hydrogens is 277 g/mol. The monoisotopic (exact) mass is 283 g/mol. The predicted molar refractivity (Wildman–Crippen MR) is 61.0 cm³/mol. The van der Waals surface area contributed by atoms with Crippen LogP contribution in [-0.2, 0) is 4.79 Å². The van der Waals surface area contributed by atoms with E-state index in [-0.39, 0.29) is 12.1 Å². The van der Waals surface area contributed by atoms with Crippen LogP contribution in [-0.4, -0.2) is 18.2 Å². The maximum Gasteiger partial charge on any atom is 0.299 e. The van der Waals surface area contributed by atoms with Crippen molar-refractivity contribution >= 4 is 33.3 Å². The van der Waals surface area contributed by atoms with E-state index < -0.39 is 17.5 Å². The molecule has 1 heterocycles. The van der Waals surface area contributed by atoms with Gasteiger partial charge in [0.05, 0.1) is 11.3 Å². The summed E-state index contributed by atoms with van der Waals surface area (Å²) in [6, 6.07) is 2.30. The Labute approximate surface area is 99.7 Å². The van der Waals surface area contributed by atoms with E-state index in [9.17, 15) is 14.0 Å². The minimum atomic E-state index is -0.683. The molecule has 0 N–H and O–H groups in total. The fraction of sp³-hybridized carbons (Fsp3) is 0.0909. The van der Waals surface area contributed by atoms with Crippen LogP contribution in [0.5, 0.6) is 0 Å². The lowest BCUT2D eigenvalue weighted by Crippen LogP contribution is -2.29. The number of rotatable bonds is 2. The van der Waals surface area contributed by atoms with Gasteiger partial charge in [-0.15, -0.1) is 6.58 Å². The quantitative estimate of drug-likeness (QED) is 0.617. The first-order valence-electron chi connectivity index (χ1n) is 4.52. The molecular formula is C11H7BrFNO2. The number of amides is 1. The highest BCUT2D eigenvalue weighted by Gasteiger charge is 2.37. The molecule has 1 aliphatic heterocycles. The maximum atomic E-state index is 13.1. The number of hydrogen-bond acceptors (Lipinski definition) is 2. The molecule has 0 saturated carbocycles. The molecule has 0 atom stereocenters. The van der Waals surface area contributed by atoms with Crippen molar-refractivity contribution in [3.63, 3.8) is 0 Å². The number of Topliss-reactive ketones (excluding diaryl/α,β-unsaturated/α-hetero) is 1. The van der Waals surface area contributed by atoms with Crippen LogP contribution in [0.15, 0.2) is 29.3 Å². The van der Waals surface area contributed by atoms with Gasteiger partial charge >= 0.3 is 0 Å². The summed E-state index contributed by atoms with van der Waals surface area (Å²) in [5.41, 5.74) is 0.509. The molecule has 0 saturated heterocycles. The van der Waals surface area contributed by atoms with Gasteiger partial charge in [-0.1, -0.05) is 6.08 Å². The minimum absolute atomic E-state index is 0.0960. The average molecular weight is 284 g/mol. The molecule has 1 amide bonds. The zero-order valence-electron chi connectivity index (χ0n) is 8.17. The molecule has 1 aromatic carbocycles. The summed E-state index contributed by atoms with van der Waals surface area (Å²) in [6.07, 6.45) is 1.51. The molecule has 16 heavy (non-hydrogen) atoms. The Morgan fingerprint density at radius 3 is 2.75 bits per heavy atom. The number of anilines is 1. The third-order valence-electron chi connectivity index (χ3n) is 2.29. The second-order valence-corrected chi connectivity index (χ2v) is 4.17. The topological polar surface area (TPSA) is 37.4 Å². The molecule has 0 aromatic heterocycles. The number of hydrogen-bond donors (Lipinski definition) is 0. The SMILES string of the molecule is C=CCN1C(=O)C(=O)c2cc(F)cc(Br)c21. The summed E-state index contributed by atoms with van der Waals surface area (Å²) < 4.78 is 13.5. The van der Waals surface area contributed by atoms with Gasteiger partial charge in [0.15, 0.2) is 0 Å². The summed E-state index contributed by atoms with van der Waals surface area (Å²) >= 11 is 3.14. The zero-order chi connectivity index (χ0) is 11.9. The van der Waals surface area contributed by atoms with Crippen molar-refractivity contribution in [3.8, 4) is 0 Å². The first-order chi connectivity index (χ1) is 7.56. The van der Waals surface area contributed by atoms with Crippen LogP contribution in [0.25, 0.3) is 0 Å². The van der Waals surface area contributed by atoms with Gasteiger partial charge < -0.3 is 0 Å². The normalized spacial score (nSPS) is 14.2. The third kappa shape index (κ3) is 1.48. The number of carbonyl (C=O) groups excluding carboxylic acids is 2. The first-order valence-corrected chi connectivity index (χ1v) is 5.31. The van der Waals surface area contributed by atoms with Crippen molar-refractivity contribution in [1.29, 1.82) is 0 Å². The molecule has 1 aromatic rings. The largest absolute Gasteiger partial charge is 0.300 e. The Bertz CT molecular complexity index is 513. The van der Waals surface area contributed by atoms with Gasteiger partial charge in [-0.05, 0) is 28.1 Å². The van der Waals surface area contributed by atoms with E-state index in [0.717, 1.165) is 6.07 Å². The molecule has 0 bridgehead atoms. The van der Waals surface area contributed by atoms with E-state index in [0.29, 0.717) is 10.2 Å². The highest BCUT2D eigenvalue weighted by atomic mass is 79.9. The molecule has 82 valence electrons. The Morgan fingerprint density at radius 2 is 2.12 bits per heavy atom. The van der Waals surface area contributed by atoms with E-state index in [1.54, 1.807) is 0 Å². The Hall–Kier alpha value is -1.49. The number of nitrogens with zero attached hydrogens (tertiary/aromatic N) is 1. The smallest absolute Gasteiger partial charge is 0.299 e. The second-order valence-electron chi connectivity index (χ2n) is 3.32. The summed E-state index contributed by atoms with van der Waals surface area (Å²) in [5, 5.41) is 0. The summed E-state index contributed by atoms with van der Waals surface area (Å²) in [4.78, 5) is 24.4. The van der Waals surface area contributed by atoms with E-state index in [4.69, 9.17) is 0 Å². The van der Waals surface area contributed by atoms with Crippen LogP contribution in [0, 0.1) is 5.82 Å². The van der Waals surface area contributed by atoms with Crippen molar-refractivity contribution < 1.29 is 14.0 Å². The fourth-order valence-corrected chi connectivity index (χ4v) is 2.30. The van der Waals surface area contributed by atoms with Gasteiger partial charge in [-0.3, -0.25) is 14.5 Å². The minimum Gasteiger partial charge on any atom is -0.300 e. The predicted octanol–water partition coefficient (Wildman–Crippen LogP) is 2.30. The number of halogens is 2. The molecule has 0 radical (unpaired) electrons. The molecule has 2 rings (SSSR count). The van der Waals surface area contributed by atoms with Crippen molar-refractivity contribution in [2.45, 2.75) is 0 Å². The van der Waals surface area contributed by atoms with Gasteiger partial charge in [-0.25, -0.2) is 4.39 Å². The molecule has 0 aliphatic carbocycles. The molecule has 0 spiro atoms. The van der Waals surface area contributed by atoms with Gasteiger partial charge in [0, 0.05) is 11.0 Å². The van der Waals surface area contributed by atoms with E-state index in [1.165, 1.54) is 17.0 Å². The van der Waals surface area contributed by atoms with Gasteiger partial charge in [0.2, 0.25) is 0 Å². The number of fused-ring (bicyclic) bond motifs is 1. The Morgan fingerprint density at radius 1 is 1.44 bits per heavy atom. The third-order valence-corrected chi connectivity index (χ3v) is 2.90. The van der Waals surface area contributed by atoms with Crippen molar-refractivity contribution in [2.24, 2.45) is 0 Å². The highest BCUT2D eigenvalue weighted by Crippen LogP contribution is 2.36. The van der Waals surface area contributed by atoms with Crippen LogP contribution in [0.1, 0.15) is 10.4 Å². The van der Waals surface area contributed by atoms with Gasteiger partial charge in [-0.2, -0.15) is 0 Å². The van der Waals surface area contributed by atoms with Crippen LogP contribution in [0.2, 0.25) is 0 Å². The zero-order valence-corrected chi connectivity index (χ0v) is 9.75. The molecule has 3 nitrogen and oxygen atoms in total. The molecule has 5 heteroatoms. The number of carbonyl (C=O) groups is 2. The van der Waals surface area contributed by atoms with Crippen molar-refractivity contribution in [2.75, 3.05) is 11.4 Å². The molecule has 0 fully saturated rings. The maximum absolute atomic E-state index is 13.1. The fourth-order valence-electron chi connectivity index (χ4n) is 1.66. The molecule has 0 unspecified atom stereocenters. The van der Waals surface area contributed by atoms with Gasteiger partial charge in [0.1, 0.15) is 5.82 Å². The Balaban J connectivity index is 2.65. The van der Waals surface area contributed by atoms with Crippen molar-refractivity contribution in [3.05, 3.63) is 40.6 Å². The van der Waals surface area contributed by atoms with Crippen LogP contribution in [0.4, 0.5) is 10.1 Å². The lowest BCUT2D eigenvalue weighted by atomic mass is 10.1. The van der Waals surface area contributed by atoms with Crippen LogP contribution >= 0.6 is 15.9 Å². The Kier molecular flexibility index (Phi) is 2.63. The first kappa shape index (κ1) is 11.0. The molecule has 1 aliphatic rings. The lowest BCUT2D eigenvalue weighted by molar-refractivity contribution is -0.114. The van der Waals surface area contributed by atoms with Crippen LogP contribution in [0.3, 0.4) is 0 Å². The standard InChI is InChI=1S/C11H7BrFNO2/c1-2-3-14-9-7(10(15)11(14)16)4-6(13)5-8(9)12/h2,4-5H,1,3H2. The van der Waals surface area contributed by atoms with Crippen LogP contribution < -0.4 is 4.90 Å². The van der Waals surface area contributed by atoms with E-state index in [2.05, 4.69) is 22.5 Å². The summed E-state index contributed by atoms with van der Waals surface area (Å²) in [5.74, 6) is -1.88. The van der Waals surface area contributed by atoms with E-state index >= 15 is 0 Å². The summed E-state index contributed by atoms with van der Waals surface area (Å²) in [6.45, 7) is 3.73. The van der Waals surface area contributed by atoms with Crippen molar-refractivity contribution in [1.82, 2.24) is 0 Å². The average Bonchev–Trinajstić information content (AvgIpc) is 2.44. The lowest BCUT2D eigenvalue weighted by Gasteiger charge is -2.15. The highest BCUT2D eigenvalue weighted by molar-refractivity contribution is 9.10. The number of benzene rings is 1. The second kappa shape index (κ2) is 3.83. The van der Waals surface area contributed by atoms with Gasteiger partial charge in [0.25, 0.3) is 11.7 Å².